The predicted octanol–water partition coefficient (Wildman–Crippen LogP) is 1.45. The lowest BCUT2D eigenvalue weighted by Crippen LogP contribution is -2.27. The number of likely N-dealkylation sites (tertiary alicyclic amines) is 1. The van der Waals surface area contributed by atoms with Crippen LogP contribution >= 0.6 is 0 Å². The van der Waals surface area contributed by atoms with Crippen LogP contribution in [0.2, 0.25) is 0 Å². The van der Waals surface area contributed by atoms with Gasteiger partial charge in [-0.05, 0) is 25.0 Å². The van der Waals surface area contributed by atoms with Gasteiger partial charge in [0.1, 0.15) is 0 Å². The van der Waals surface area contributed by atoms with E-state index in [4.69, 9.17) is 9.15 Å². The fraction of sp³-hybridized carbons (Fsp3) is 0.538. The quantitative estimate of drug-likeness (QED) is 0.758. The van der Waals surface area contributed by atoms with Crippen LogP contribution in [0.4, 0.5) is 0 Å². The Kier molecular flexibility index (Phi) is 2.81. The summed E-state index contributed by atoms with van der Waals surface area (Å²) in [4.78, 5) is 25.2. The summed E-state index contributed by atoms with van der Waals surface area (Å²) in [5.41, 5.74) is 0. The third-order valence-electron chi connectivity index (χ3n) is 3.40. The van der Waals surface area contributed by atoms with Crippen molar-refractivity contribution in [2.45, 2.75) is 25.3 Å². The van der Waals surface area contributed by atoms with E-state index >= 15 is 0 Å². The van der Waals surface area contributed by atoms with Crippen molar-refractivity contribution < 1.29 is 18.7 Å². The van der Waals surface area contributed by atoms with E-state index in [9.17, 15) is 9.59 Å². The molecule has 0 N–H and O–H groups in total. The van der Waals surface area contributed by atoms with Crippen molar-refractivity contribution in [1.29, 1.82) is 0 Å². The van der Waals surface area contributed by atoms with Gasteiger partial charge in [0.15, 0.2) is 0 Å². The molecule has 1 aliphatic carbocycles. The van der Waals surface area contributed by atoms with E-state index in [1.807, 2.05) is 4.90 Å². The first-order valence-electron chi connectivity index (χ1n) is 6.24. The van der Waals surface area contributed by atoms with Crippen molar-refractivity contribution in [3.8, 4) is 0 Å². The highest BCUT2D eigenvalue weighted by atomic mass is 16.5. The first-order chi connectivity index (χ1) is 8.74. The first-order valence-corrected chi connectivity index (χ1v) is 6.24. The van der Waals surface area contributed by atoms with Crippen molar-refractivity contribution in [3.63, 3.8) is 0 Å². The van der Waals surface area contributed by atoms with Gasteiger partial charge in [0.2, 0.25) is 11.7 Å². The monoisotopic (exact) mass is 249 g/mol. The predicted molar refractivity (Wildman–Crippen MR) is 61.8 cm³/mol. The Hall–Kier alpha value is -1.78. The maximum Gasteiger partial charge on any atom is 0.374 e. The van der Waals surface area contributed by atoms with Gasteiger partial charge in [0.05, 0.1) is 12.9 Å². The van der Waals surface area contributed by atoms with E-state index in [0.29, 0.717) is 12.5 Å². The zero-order valence-electron chi connectivity index (χ0n) is 10.0. The van der Waals surface area contributed by atoms with E-state index in [0.717, 1.165) is 19.4 Å². The number of hydrogen-bond acceptors (Lipinski definition) is 4. The Balaban J connectivity index is 1.49. The number of carbonyl (C=O) groups excluding carboxylic acids is 2. The summed E-state index contributed by atoms with van der Waals surface area (Å²) >= 11 is 0. The van der Waals surface area contributed by atoms with Crippen LogP contribution < -0.4 is 0 Å². The summed E-state index contributed by atoms with van der Waals surface area (Å²) in [6.07, 6.45) is 4.15. The Bertz CT molecular complexity index is 450. The molecule has 1 saturated heterocycles. The third kappa shape index (κ3) is 2.25. The molecule has 0 aromatic carbocycles. The summed E-state index contributed by atoms with van der Waals surface area (Å²) in [5.74, 6) is 0.0595. The van der Waals surface area contributed by atoms with E-state index < -0.39 is 5.97 Å². The van der Waals surface area contributed by atoms with Crippen LogP contribution in [0.1, 0.15) is 29.8 Å². The molecule has 0 bridgehead atoms. The van der Waals surface area contributed by atoms with Gasteiger partial charge in [-0.2, -0.15) is 0 Å². The Morgan fingerprint density at radius 2 is 2.33 bits per heavy atom. The van der Waals surface area contributed by atoms with Crippen molar-refractivity contribution in [1.82, 2.24) is 4.90 Å². The normalized spacial score (nSPS) is 23.4. The van der Waals surface area contributed by atoms with Gasteiger partial charge in [0.25, 0.3) is 0 Å². The van der Waals surface area contributed by atoms with Crippen LogP contribution in [0, 0.1) is 5.92 Å². The second kappa shape index (κ2) is 4.48. The number of esters is 1. The molecule has 1 saturated carbocycles. The third-order valence-corrected chi connectivity index (χ3v) is 3.40. The second-order valence-electron chi connectivity index (χ2n) is 4.92. The van der Waals surface area contributed by atoms with E-state index in [-0.39, 0.29) is 24.2 Å². The number of hydrogen-bond donors (Lipinski definition) is 0. The SMILES string of the molecule is O=C(OCC1CC(=O)N(C2CC2)C1)c1ccco1. The average molecular weight is 249 g/mol. The summed E-state index contributed by atoms with van der Waals surface area (Å²) in [6.45, 7) is 1.00. The summed E-state index contributed by atoms with van der Waals surface area (Å²) in [7, 11) is 0. The molecule has 5 heteroatoms. The lowest BCUT2D eigenvalue weighted by molar-refractivity contribution is -0.128. The number of ether oxygens (including phenoxy) is 1. The highest BCUT2D eigenvalue weighted by Crippen LogP contribution is 2.32. The fourth-order valence-electron chi connectivity index (χ4n) is 2.32. The van der Waals surface area contributed by atoms with Crippen molar-refractivity contribution in [2.24, 2.45) is 5.92 Å². The van der Waals surface area contributed by atoms with E-state index in [1.54, 1.807) is 12.1 Å². The van der Waals surface area contributed by atoms with Crippen LogP contribution in [0.25, 0.3) is 0 Å². The maximum absolute atomic E-state index is 11.7. The molecule has 18 heavy (non-hydrogen) atoms. The Morgan fingerprint density at radius 3 is 3.00 bits per heavy atom. The van der Waals surface area contributed by atoms with Crippen molar-refractivity contribution >= 4 is 11.9 Å². The van der Waals surface area contributed by atoms with Gasteiger partial charge in [-0.25, -0.2) is 4.79 Å². The Morgan fingerprint density at radius 1 is 1.50 bits per heavy atom. The smallest absolute Gasteiger partial charge is 0.374 e. The highest BCUT2D eigenvalue weighted by molar-refractivity contribution is 5.86. The molecule has 96 valence electrons. The molecular formula is C13H15NO4. The second-order valence-corrected chi connectivity index (χ2v) is 4.92. The molecule has 2 fully saturated rings. The molecule has 3 rings (SSSR count). The molecule has 1 aromatic heterocycles. The topological polar surface area (TPSA) is 59.8 Å². The zero-order valence-corrected chi connectivity index (χ0v) is 10.0. The van der Waals surface area contributed by atoms with E-state index in [2.05, 4.69) is 0 Å². The largest absolute Gasteiger partial charge is 0.459 e. The molecule has 5 nitrogen and oxygen atoms in total. The number of nitrogens with zero attached hydrogens (tertiary/aromatic N) is 1. The lowest BCUT2D eigenvalue weighted by Gasteiger charge is -2.15. The molecule has 1 aliphatic heterocycles. The minimum Gasteiger partial charge on any atom is -0.459 e. The zero-order chi connectivity index (χ0) is 12.5. The molecule has 0 spiro atoms. The van der Waals surface area contributed by atoms with Crippen LogP contribution in [0.3, 0.4) is 0 Å². The number of rotatable bonds is 4. The molecule has 1 amide bonds. The minimum atomic E-state index is -0.461. The van der Waals surface area contributed by atoms with E-state index in [1.165, 1.54) is 6.26 Å². The van der Waals surface area contributed by atoms with Crippen LogP contribution in [-0.2, 0) is 9.53 Å². The molecule has 2 aliphatic rings. The molecule has 0 radical (unpaired) electrons. The maximum atomic E-state index is 11.7. The van der Waals surface area contributed by atoms with Crippen LogP contribution in [0.5, 0.6) is 0 Å². The fourth-order valence-corrected chi connectivity index (χ4v) is 2.32. The van der Waals surface area contributed by atoms with Gasteiger partial charge >= 0.3 is 5.97 Å². The summed E-state index contributed by atoms with van der Waals surface area (Å²) in [6, 6.07) is 3.66. The van der Waals surface area contributed by atoms with Gasteiger partial charge in [0, 0.05) is 24.9 Å². The average Bonchev–Trinajstić information content (AvgIpc) is 2.91. The molecule has 1 atom stereocenters. The number of amides is 1. The van der Waals surface area contributed by atoms with Crippen LogP contribution in [-0.4, -0.2) is 36.0 Å². The molecule has 1 unspecified atom stereocenters. The highest BCUT2D eigenvalue weighted by Gasteiger charge is 2.39. The van der Waals surface area contributed by atoms with Crippen LogP contribution in [0.15, 0.2) is 22.8 Å². The minimum absolute atomic E-state index is 0.122. The standard InChI is InChI=1S/C13H15NO4/c15-12-6-9(7-14(12)10-3-4-10)8-18-13(16)11-2-1-5-17-11/h1-2,5,9-10H,3-4,6-8H2. The molecule has 1 aromatic rings. The summed E-state index contributed by atoms with van der Waals surface area (Å²) < 4.78 is 10.1. The first kappa shape index (κ1) is 11.3. The van der Waals surface area contributed by atoms with Gasteiger partial charge < -0.3 is 14.1 Å². The van der Waals surface area contributed by atoms with Gasteiger partial charge in [-0.3, -0.25) is 4.79 Å². The van der Waals surface area contributed by atoms with Gasteiger partial charge in [-0.1, -0.05) is 0 Å². The van der Waals surface area contributed by atoms with Crippen molar-refractivity contribution in [2.75, 3.05) is 13.2 Å². The van der Waals surface area contributed by atoms with Crippen molar-refractivity contribution in [3.05, 3.63) is 24.2 Å². The number of furan rings is 1. The Labute approximate surface area is 105 Å². The molecule has 2 heterocycles. The number of carbonyl (C=O) groups is 2. The lowest BCUT2D eigenvalue weighted by atomic mass is 10.1. The summed E-state index contributed by atoms with van der Waals surface area (Å²) in [5, 5.41) is 0. The molecular weight excluding hydrogens is 234 g/mol. The van der Waals surface area contributed by atoms with Gasteiger partial charge in [-0.15, -0.1) is 0 Å².